The average Bonchev–Trinajstić information content (AvgIpc) is 3.19. The largest absolute Gasteiger partial charge is 0.478 e. The Morgan fingerprint density at radius 3 is 2.65 bits per heavy atom. The SMILES string of the molecule is CCc1cccc(-c2cc(Nc3ccc(C)cc3C(=O)O)n(-c3ncccc3C)n2)c1. The van der Waals surface area contributed by atoms with E-state index in [0.717, 1.165) is 28.8 Å². The first-order chi connectivity index (χ1) is 15.0. The number of pyridine rings is 1. The molecule has 6 nitrogen and oxygen atoms in total. The van der Waals surface area contributed by atoms with Gasteiger partial charge in [0, 0.05) is 17.8 Å². The molecule has 0 aliphatic heterocycles. The van der Waals surface area contributed by atoms with Crippen molar-refractivity contribution in [3.63, 3.8) is 0 Å². The molecular weight excluding hydrogens is 388 g/mol. The molecule has 0 fully saturated rings. The van der Waals surface area contributed by atoms with Crippen LogP contribution in [0.1, 0.15) is 34.0 Å². The van der Waals surface area contributed by atoms with E-state index in [9.17, 15) is 9.90 Å². The number of anilines is 2. The Morgan fingerprint density at radius 1 is 1.06 bits per heavy atom. The molecule has 0 saturated carbocycles. The quantitative estimate of drug-likeness (QED) is 0.434. The maximum absolute atomic E-state index is 11.8. The molecule has 2 aromatic carbocycles. The molecule has 6 heteroatoms. The van der Waals surface area contributed by atoms with E-state index in [0.29, 0.717) is 17.3 Å². The number of carboxylic acid groups (broad SMARTS) is 1. The smallest absolute Gasteiger partial charge is 0.337 e. The number of aromatic carboxylic acids is 1. The minimum Gasteiger partial charge on any atom is -0.478 e. The van der Waals surface area contributed by atoms with E-state index in [-0.39, 0.29) is 5.56 Å². The third kappa shape index (κ3) is 4.19. The first-order valence-corrected chi connectivity index (χ1v) is 10.2. The highest BCUT2D eigenvalue weighted by Gasteiger charge is 2.17. The van der Waals surface area contributed by atoms with E-state index >= 15 is 0 Å². The number of benzene rings is 2. The third-order valence-electron chi connectivity index (χ3n) is 5.19. The average molecular weight is 412 g/mol. The lowest BCUT2D eigenvalue weighted by molar-refractivity contribution is 0.0698. The number of carboxylic acids is 1. The van der Waals surface area contributed by atoms with E-state index < -0.39 is 5.97 Å². The molecule has 4 rings (SSSR count). The number of nitrogens with one attached hydrogen (secondary N) is 1. The summed E-state index contributed by atoms with van der Waals surface area (Å²) in [5.41, 5.74) is 5.56. The lowest BCUT2D eigenvalue weighted by Gasteiger charge is -2.13. The molecule has 31 heavy (non-hydrogen) atoms. The summed E-state index contributed by atoms with van der Waals surface area (Å²) in [7, 11) is 0. The van der Waals surface area contributed by atoms with Gasteiger partial charge in [0.25, 0.3) is 0 Å². The summed E-state index contributed by atoms with van der Waals surface area (Å²) in [6.07, 6.45) is 2.66. The summed E-state index contributed by atoms with van der Waals surface area (Å²) in [4.78, 5) is 16.3. The van der Waals surface area contributed by atoms with Gasteiger partial charge >= 0.3 is 5.97 Å². The Kier molecular flexibility index (Phi) is 5.54. The standard InChI is InChI=1S/C25H24N4O2/c1-4-18-8-5-9-19(14-18)22-15-23(29(28-22)24-17(3)7-6-12-26-24)27-21-11-10-16(2)13-20(21)25(30)31/h5-15,27H,4H2,1-3H3,(H,30,31). The fourth-order valence-corrected chi connectivity index (χ4v) is 3.50. The van der Waals surface area contributed by atoms with E-state index in [4.69, 9.17) is 5.10 Å². The lowest BCUT2D eigenvalue weighted by atomic mass is 10.1. The molecule has 0 saturated heterocycles. The summed E-state index contributed by atoms with van der Waals surface area (Å²) in [6.45, 7) is 5.96. The maximum atomic E-state index is 11.8. The molecule has 0 unspecified atom stereocenters. The molecular formula is C25H24N4O2. The van der Waals surface area contributed by atoms with Crippen molar-refractivity contribution in [1.29, 1.82) is 0 Å². The number of hydrogen-bond acceptors (Lipinski definition) is 4. The van der Waals surface area contributed by atoms with Crippen LogP contribution in [0.2, 0.25) is 0 Å². The van der Waals surface area contributed by atoms with Gasteiger partial charge in [-0.1, -0.05) is 42.8 Å². The van der Waals surface area contributed by atoms with Crippen LogP contribution in [0.5, 0.6) is 0 Å². The zero-order chi connectivity index (χ0) is 22.0. The summed E-state index contributed by atoms with van der Waals surface area (Å²) in [5, 5.41) is 17.8. The van der Waals surface area contributed by atoms with Gasteiger partial charge in [-0.05, 0) is 55.7 Å². The van der Waals surface area contributed by atoms with Crippen LogP contribution in [0.25, 0.3) is 17.1 Å². The molecule has 0 spiro atoms. The summed E-state index contributed by atoms with van der Waals surface area (Å²) >= 11 is 0. The van der Waals surface area contributed by atoms with Gasteiger partial charge in [-0.15, -0.1) is 0 Å². The molecule has 0 radical (unpaired) electrons. The van der Waals surface area contributed by atoms with Gasteiger partial charge in [-0.2, -0.15) is 9.78 Å². The van der Waals surface area contributed by atoms with Crippen molar-refractivity contribution in [2.24, 2.45) is 0 Å². The molecule has 2 aromatic heterocycles. The summed E-state index contributed by atoms with van der Waals surface area (Å²) in [6, 6.07) is 19.3. The van der Waals surface area contributed by atoms with Crippen molar-refractivity contribution in [3.8, 4) is 17.1 Å². The second-order valence-corrected chi connectivity index (χ2v) is 7.50. The molecule has 0 amide bonds. The van der Waals surface area contributed by atoms with Crippen LogP contribution >= 0.6 is 0 Å². The van der Waals surface area contributed by atoms with Gasteiger partial charge < -0.3 is 10.4 Å². The topological polar surface area (TPSA) is 80.0 Å². The van der Waals surface area contributed by atoms with Crippen LogP contribution in [-0.2, 0) is 6.42 Å². The van der Waals surface area contributed by atoms with Gasteiger partial charge in [-0.25, -0.2) is 9.78 Å². The second-order valence-electron chi connectivity index (χ2n) is 7.50. The van der Waals surface area contributed by atoms with Crippen molar-refractivity contribution < 1.29 is 9.90 Å². The fourth-order valence-electron chi connectivity index (χ4n) is 3.50. The number of aryl methyl sites for hydroxylation is 3. The minimum absolute atomic E-state index is 0.208. The van der Waals surface area contributed by atoms with Crippen molar-refractivity contribution in [1.82, 2.24) is 14.8 Å². The van der Waals surface area contributed by atoms with Crippen molar-refractivity contribution in [3.05, 3.63) is 89.1 Å². The normalized spacial score (nSPS) is 10.8. The first kappa shape index (κ1) is 20.3. The Morgan fingerprint density at radius 2 is 1.90 bits per heavy atom. The van der Waals surface area contributed by atoms with Crippen LogP contribution in [0.15, 0.2) is 66.9 Å². The highest BCUT2D eigenvalue weighted by atomic mass is 16.4. The van der Waals surface area contributed by atoms with Crippen LogP contribution in [0.3, 0.4) is 0 Å². The van der Waals surface area contributed by atoms with Crippen LogP contribution in [0.4, 0.5) is 11.5 Å². The molecule has 0 aliphatic rings. The highest BCUT2D eigenvalue weighted by molar-refractivity contribution is 5.95. The zero-order valence-corrected chi connectivity index (χ0v) is 17.8. The number of rotatable bonds is 6. The van der Waals surface area contributed by atoms with Crippen molar-refractivity contribution in [2.75, 3.05) is 5.32 Å². The molecule has 0 atom stereocenters. The van der Waals surface area contributed by atoms with Crippen LogP contribution < -0.4 is 5.32 Å². The van der Waals surface area contributed by atoms with Gasteiger partial charge in [0.15, 0.2) is 5.82 Å². The van der Waals surface area contributed by atoms with E-state index in [1.807, 2.05) is 50.2 Å². The summed E-state index contributed by atoms with van der Waals surface area (Å²) in [5.74, 6) is 0.346. The number of aromatic nitrogens is 3. The Hall–Kier alpha value is -3.93. The predicted molar refractivity (Wildman–Crippen MR) is 122 cm³/mol. The van der Waals surface area contributed by atoms with Gasteiger partial charge in [-0.3, -0.25) is 0 Å². The Labute approximate surface area is 181 Å². The Balaban J connectivity index is 1.86. The molecule has 156 valence electrons. The molecule has 2 N–H and O–H groups in total. The number of nitrogens with zero attached hydrogens (tertiary/aromatic N) is 3. The highest BCUT2D eigenvalue weighted by Crippen LogP contribution is 2.29. The minimum atomic E-state index is -0.984. The fraction of sp³-hybridized carbons (Fsp3) is 0.160. The maximum Gasteiger partial charge on any atom is 0.337 e. The van der Waals surface area contributed by atoms with Crippen molar-refractivity contribution >= 4 is 17.5 Å². The molecule has 0 bridgehead atoms. The first-order valence-electron chi connectivity index (χ1n) is 10.2. The monoisotopic (exact) mass is 412 g/mol. The summed E-state index contributed by atoms with van der Waals surface area (Å²) < 4.78 is 1.73. The van der Waals surface area contributed by atoms with E-state index in [2.05, 4.69) is 29.4 Å². The van der Waals surface area contributed by atoms with Gasteiger partial charge in [0.2, 0.25) is 0 Å². The van der Waals surface area contributed by atoms with E-state index in [1.54, 1.807) is 23.0 Å². The van der Waals surface area contributed by atoms with Gasteiger partial charge in [0.1, 0.15) is 5.82 Å². The zero-order valence-electron chi connectivity index (χ0n) is 17.8. The van der Waals surface area contributed by atoms with Crippen LogP contribution in [-0.4, -0.2) is 25.8 Å². The third-order valence-corrected chi connectivity index (χ3v) is 5.19. The van der Waals surface area contributed by atoms with Crippen molar-refractivity contribution in [2.45, 2.75) is 27.2 Å². The van der Waals surface area contributed by atoms with Crippen LogP contribution in [0, 0.1) is 13.8 Å². The number of carbonyl (C=O) groups is 1. The van der Waals surface area contributed by atoms with E-state index in [1.165, 1.54) is 5.56 Å². The lowest BCUT2D eigenvalue weighted by Crippen LogP contribution is -2.08. The number of hydrogen-bond donors (Lipinski definition) is 2. The molecule has 4 aromatic rings. The molecule has 2 heterocycles. The second kappa shape index (κ2) is 8.44. The Bertz CT molecular complexity index is 1260. The molecule has 0 aliphatic carbocycles. The van der Waals surface area contributed by atoms with Gasteiger partial charge in [0.05, 0.1) is 16.9 Å². The predicted octanol–water partition coefficient (Wildman–Crippen LogP) is 5.56.